The molecule has 0 atom stereocenters. The highest BCUT2D eigenvalue weighted by atomic mass is 127. The molecule has 0 saturated carbocycles. The van der Waals surface area contributed by atoms with Crippen LogP contribution >= 0.6 is 24.0 Å². The molecule has 0 spiro atoms. The van der Waals surface area contributed by atoms with E-state index in [1.807, 2.05) is 25.4 Å². The smallest absolute Gasteiger partial charge is 0.190 e. The summed E-state index contributed by atoms with van der Waals surface area (Å²) in [5.74, 6) is 1.89. The molecule has 2 aromatic heterocycles. The van der Waals surface area contributed by atoms with E-state index >= 15 is 0 Å². The molecule has 0 aliphatic heterocycles. The van der Waals surface area contributed by atoms with Crippen molar-refractivity contribution >= 4 is 51.9 Å². The Hall–Kier alpha value is -2.68. The highest BCUT2D eigenvalue weighted by Gasteiger charge is 2.06. The van der Waals surface area contributed by atoms with E-state index in [4.69, 9.17) is 0 Å². The molecule has 0 aliphatic rings. The molecule has 31 heavy (non-hydrogen) atoms. The van der Waals surface area contributed by atoms with Gasteiger partial charge in [-0.15, -0.1) is 24.0 Å². The van der Waals surface area contributed by atoms with Crippen LogP contribution in [0.3, 0.4) is 0 Å². The normalized spacial score (nSPS) is 11.5. The van der Waals surface area contributed by atoms with Gasteiger partial charge in [-0.1, -0.05) is 36.4 Å². The fourth-order valence-electron chi connectivity index (χ4n) is 3.83. The molecule has 7 heteroatoms. The van der Waals surface area contributed by atoms with Crippen molar-refractivity contribution in [2.24, 2.45) is 4.99 Å². The number of nitrogens with zero attached hydrogens (tertiary/aromatic N) is 4. The number of aryl methyl sites for hydroxylation is 2. The van der Waals surface area contributed by atoms with Gasteiger partial charge in [0.25, 0.3) is 0 Å². The summed E-state index contributed by atoms with van der Waals surface area (Å²) in [7, 11) is 1.81. The Morgan fingerprint density at radius 3 is 2.68 bits per heavy atom. The van der Waals surface area contributed by atoms with E-state index in [9.17, 15) is 0 Å². The number of fused-ring (bicyclic) bond motifs is 2. The Morgan fingerprint density at radius 2 is 1.81 bits per heavy atom. The largest absolute Gasteiger partial charge is 0.356 e. The van der Waals surface area contributed by atoms with Crippen molar-refractivity contribution in [3.63, 3.8) is 0 Å². The number of hydrogen-bond donors (Lipinski definition) is 2. The molecule has 2 heterocycles. The number of aromatic nitrogens is 3. The van der Waals surface area contributed by atoms with Crippen LogP contribution in [-0.2, 0) is 13.0 Å². The number of pyridine rings is 1. The summed E-state index contributed by atoms with van der Waals surface area (Å²) in [4.78, 5) is 13.5. The third-order valence-corrected chi connectivity index (χ3v) is 5.32. The maximum atomic E-state index is 4.64. The first kappa shape index (κ1) is 23.0. The lowest BCUT2D eigenvalue weighted by Gasteiger charge is -2.13. The molecule has 162 valence electrons. The van der Waals surface area contributed by atoms with Gasteiger partial charge in [-0.3, -0.25) is 9.98 Å². The van der Waals surface area contributed by atoms with Crippen LogP contribution in [-0.4, -0.2) is 40.6 Å². The van der Waals surface area contributed by atoms with Gasteiger partial charge < -0.3 is 15.2 Å². The molecule has 6 nitrogen and oxygen atoms in total. The van der Waals surface area contributed by atoms with Gasteiger partial charge in [0.05, 0.1) is 16.6 Å². The van der Waals surface area contributed by atoms with Crippen LogP contribution in [0.4, 0.5) is 0 Å². The Balaban J connectivity index is 0.00000272. The number of benzene rings is 2. The third-order valence-electron chi connectivity index (χ3n) is 5.32. The molecule has 0 radical (unpaired) electrons. The SMILES string of the molecule is CN=C(NCCCn1c(C)nc2ccccc21)NCCc1cccc2cccnc12.I. The minimum Gasteiger partial charge on any atom is -0.356 e. The molecule has 0 bridgehead atoms. The first-order chi connectivity index (χ1) is 14.8. The molecule has 4 rings (SSSR count). The Kier molecular flexibility index (Phi) is 8.22. The quantitative estimate of drug-likeness (QED) is 0.163. The first-order valence-corrected chi connectivity index (χ1v) is 10.5. The van der Waals surface area contributed by atoms with Crippen LogP contribution in [0.2, 0.25) is 0 Å². The van der Waals surface area contributed by atoms with Crippen molar-refractivity contribution in [3.05, 3.63) is 72.2 Å². The van der Waals surface area contributed by atoms with Crippen molar-refractivity contribution in [2.75, 3.05) is 20.1 Å². The zero-order valence-electron chi connectivity index (χ0n) is 18.0. The van der Waals surface area contributed by atoms with Crippen molar-refractivity contribution in [1.29, 1.82) is 0 Å². The maximum Gasteiger partial charge on any atom is 0.190 e. The molecule has 4 aromatic rings. The minimum atomic E-state index is 0. The number of hydrogen-bond acceptors (Lipinski definition) is 3. The lowest BCUT2D eigenvalue weighted by Crippen LogP contribution is -2.39. The fraction of sp³-hybridized carbons (Fsp3) is 0.292. The second kappa shape index (κ2) is 11.1. The molecule has 0 unspecified atom stereocenters. The van der Waals surface area contributed by atoms with E-state index in [0.29, 0.717) is 0 Å². The standard InChI is InChI=1S/C24H28N6.HI/c1-18-29-21-11-3-4-12-22(21)30(18)17-7-15-27-24(25-2)28-16-13-20-9-5-8-19-10-6-14-26-23(19)20;/h3-6,8-12,14H,7,13,15-17H2,1-2H3,(H2,25,27,28);1H. The van der Waals surface area contributed by atoms with E-state index in [1.54, 1.807) is 0 Å². The number of aliphatic imine (C=N–C) groups is 1. The number of nitrogens with one attached hydrogen (secondary N) is 2. The fourth-order valence-corrected chi connectivity index (χ4v) is 3.83. The van der Waals surface area contributed by atoms with Crippen LogP contribution in [0, 0.1) is 6.92 Å². The molecule has 0 fully saturated rings. The predicted octanol–water partition coefficient (Wildman–Crippen LogP) is 4.31. The van der Waals surface area contributed by atoms with Gasteiger partial charge in [-0.25, -0.2) is 4.98 Å². The zero-order valence-corrected chi connectivity index (χ0v) is 20.3. The average molecular weight is 528 g/mol. The third kappa shape index (κ3) is 5.52. The van der Waals surface area contributed by atoms with Crippen molar-refractivity contribution in [1.82, 2.24) is 25.2 Å². The van der Waals surface area contributed by atoms with Crippen molar-refractivity contribution in [3.8, 4) is 0 Å². The van der Waals surface area contributed by atoms with Crippen LogP contribution in [0.25, 0.3) is 21.9 Å². The number of halogens is 1. The number of imidazole rings is 1. The molecule has 2 aromatic carbocycles. The monoisotopic (exact) mass is 528 g/mol. The van der Waals surface area contributed by atoms with Crippen LogP contribution in [0.15, 0.2) is 65.8 Å². The first-order valence-electron chi connectivity index (χ1n) is 10.5. The highest BCUT2D eigenvalue weighted by molar-refractivity contribution is 14.0. The molecular formula is C24H29IN6. The summed E-state index contributed by atoms with van der Waals surface area (Å²) in [6.07, 6.45) is 3.75. The van der Waals surface area contributed by atoms with Gasteiger partial charge in [0.15, 0.2) is 5.96 Å². The van der Waals surface area contributed by atoms with Gasteiger partial charge >= 0.3 is 0 Å². The van der Waals surface area contributed by atoms with Crippen molar-refractivity contribution in [2.45, 2.75) is 26.3 Å². The Morgan fingerprint density at radius 1 is 1.00 bits per heavy atom. The predicted molar refractivity (Wildman–Crippen MR) is 139 cm³/mol. The Labute approximate surface area is 200 Å². The van der Waals surface area contributed by atoms with Gasteiger partial charge in [0, 0.05) is 38.3 Å². The second-order valence-electron chi connectivity index (χ2n) is 7.32. The zero-order chi connectivity index (χ0) is 20.8. The van der Waals surface area contributed by atoms with Crippen LogP contribution in [0.1, 0.15) is 17.8 Å². The highest BCUT2D eigenvalue weighted by Crippen LogP contribution is 2.16. The van der Waals surface area contributed by atoms with Gasteiger partial charge in [0.2, 0.25) is 0 Å². The molecular weight excluding hydrogens is 499 g/mol. The van der Waals surface area contributed by atoms with Crippen molar-refractivity contribution < 1.29 is 0 Å². The van der Waals surface area contributed by atoms with Gasteiger partial charge in [-0.2, -0.15) is 0 Å². The maximum absolute atomic E-state index is 4.64. The molecule has 0 aliphatic carbocycles. The van der Waals surface area contributed by atoms with Gasteiger partial charge in [0.1, 0.15) is 5.82 Å². The van der Waals surface area contributed by atoms with Crippen LogP contribution in [0.5, 0.6) is 0 Å². The van der Waals surface area contributed by atoms with Crippen LogP contribution < -0.4 is 10.6 Å². The van der Waals surface area contributed by atoms with E-state index in [-0.39, 0.29) is 24.0 Å². The minimum absolute atomic E-state index is 0. The molecule has 2 N–H and O–H groups in total. The topological polar surface area (TPSA) is 67.1 Å². The second-order valence-corrected chi connectivity index (χ2v) is 7.32. The summed E-state index contributed by atoms with van der Waals surface area (Å²) in [6, 6.07) is 18.7. The van der Waals surface area contributed by atoms with E-state index in [2.05, 4.69) is 79.5 Å². The lowest BCUT2D eigenvalue weighted by atomic mass is 10.1. The number of rotatable bonds is 7. The summed E-state index contributed by atoms with van der Waals surface area (Å²) in [5.41, 5.74) is 4.58. The van der Waals surface area contributed by atoms with E-state index in [1.165, 1.54) is 16.5 Å². The average Bonchev–Trinajstić information content (AvgIpc) is 3.10. The molecule has 0 amide bonds. The van der Waals surface area contributed by atoms with E-state index in [0.717, 1.165) is 55.3 Å². The number of guanidine groups is 1. The summed E-state index contributed by atoms with van der Waals surface area (Å²) in [5, 5.41) is 8.00. The molecule has 0 saturated heterocycles. The summed E-state index contributed by atoms with van der Waals surface area (Å²) < 4.78 is 2.28. The Bertz CT molecular complexity index is 1160. The summed E-state index contributed by atoms with van der Waals surface area (Å²) in [6.45, 7) is 4.65. The lowest BCUT2D eigenvalue weighted by molar-refractivity contribution is 0.624. The van der Waals surface area contributed by atoms with Gasteiger partial charge in [-0.05, 0) is 43.5 Å². The van der Waals surface area contributed by atoms with E-state index < -0.39 is 0 Å². The number of para-hydroxylation sites is 3. The summed E-state index contributed by atoms with van der Waals surface area (Å²) >= 11 is 0.